The van der Waals surface area contributed by atoms with Crippen molar-refractivity contribution in [3.63, 3.8) is 0 Å². The van der Waals surface area contributed by atoms with Crippen molar-refractivity contribution in [1.82, 2.24) is 29.2 Å². The second-order valence-corrected chi connectivity index (χ2v) is 20.5. The zero-order chi connectivity index (χ0) is 48.4. The Balaban J connectivity index is 0.835. The zero-order valence-corrected chi connectivity index (χ0v) is 43.1. The van der Waals surface area contributed by atoms with Crippen molar-refractivity contribution in [3.8, 4) is 22.3 Å². The molecule has 69 heavy (non-hydrogen) atoms. The molecule has 0 radical (unpaired) electrons. The first-order valence-electron chi connectivity index (χ1n) is 25.4. The molecule has 4 aromatic carbocycles. The lowest BCUT2D eigenvalue weighted by atomic mass is 9.93. The number of hydrogen-bond acceptors (Lipinski definition) is 7. The predicted octanol–water partition coefficient (Wildman–Crippen LogP) is 13.4. The Morgan fingerprint density at radius 2 is 0.812 bits per heavy atom. The van der Waals surface area contributed by atoms with E-state index in [4.69, 9.17) is 24.9 Å². The van der Waals surface area contributed by atoms with Gasteiger partial charge in [0.25, 0.3) is 0 Å². The highest BCUT2D eigenvalue weighted by molar-refractivity contribution is 5.87. The standard InChI is InChI=1S/C60H70N8O/c1-13-49-23-25-51-41(9)61-57-55(53-37(5)27-35(3)28-38(53)6)43(11)63-67(57)59(51)65(49)31-45-15-19-47(20-16-45)33-69-34-48-21-17-46(18-22-48)32-66-50(14-2)24-26-52-42(10)62-58-56(44(12)64-68(58)60(52)66)54-39(7)29-36(4)30-40(54)8/h15-22,27-30,49-50H,13-14,23-26,31-34H2,1-12H3. The van der Waals surface area contributed by atoms with Crippen LogP contribution >= 0.6 is 0 Å². The first kappa shape index (κ1) is 46.4. The summed E-state index contributed by atoms with van der Waals surface area (Å²) >= 11 is 0. The maximum Gasteiger partial charge on any atom is 0.165 e. The Kier molecular flexibility index (Phi) is 12.5. The molecule has 356 valence electrons. The monoisotopic (exact) mass is 919 g/mol. The topological polar surface area (TPSA) is 76.1 Å². The van der Waals surface area contributed by atoms with E-state index in [0.29, 0.717) is 25.3 Å². The first-order valence-corrected chi connectivity index (χ1v) is 25.4. The highest BCUT2D eigenvalue weighted by Crippen LogP contribution is 2.42. The lowest BCUT2D eigenvalue weighted by Crippen LogP contribution is -2.40. The molecular formula is C60H70N8O. The molecule has 2 aliphatic heterocycles. The summed E-state index contributed by atoms with van der Waals surface area (Å²) < 4.78 is 10.7. The molecular weight excluding hydrogens is 849 g/mol. The van der Waals surface area contributed by atoms with Crippen molar-refractivity contribution in [2.45, 2.75) is 160 Å². The number of hydrogen-bond donors (Lipinski definition) is 0. The molecule has 0 saturated carbocycles. The maximum atomic E-state index is 6.36. The van der Waals surface area contributed by atoms with E-state index in [9.17, 15) is 0 Å². The first-order chi connectivity index (χ1) is 33.2. The highest BCUT2D eigenvalue weighted by Gasteiger charge is 2.34. The van der Waals surface area contributed by atoms with Crippen LogP contribution in [0, 0.1) is 69.2 Å². The molecule has 0 aliphatic carbocycles. The number of aryl methyl sites for hydroxylation is 10. The molecule has 0 saturated heterocycles. The number of benzene rings is 4. The van der Waals surface area contributed by atoms with E-state index >= 15 is 0 Å². The average Bonchev–Trinajstić information content (AvgIpc) is 3.81. The minimum absolute atomic E-state index is 0.418. The van der Waals surface area contributed by atoms with Gasteiger partial charge in [-0.25, -0.2) is 9.97 Å². The van der Waals surface area contributed by atoms with Crippen molar-refractivity contribution in [3.05, 3.63) is 162 Å². The Hall–Kier alpha value is -6.32. The minimum atomic E-state index is 0.418. The maximum absolute atomic E-state index is 6.36. The third-order valence-corrected chi connectivity index (χ3v) is 15.4. The van der Waals surface area contributed by atoms with E-state index in [1.807, 2.05) is 0 Å². The van der Waals surface area contributed by atoms with Gasteiger partial charge < -0.3 is 14.5 Å². The number of anilines is 2. The van der Waals surface area contributed by atoms with Crippen LogP contribution in [0.25, 0.3) is 33.5 Å². The van der Waals surface area contributed by atoms with E-state index in [2.05, 4.69) is 175 Å². The predicted molar refractivity (Wildman–Crippen MR) is 283 cm³/mol. The molecule has 2 unspecified atom stereocenters. The van der Waals surface area contributed by atoms with Gasteiger partial charge in [0, 0.05) is 47.7 Å². The fraction of sp³-hybridized carbons (Fsp3) is 0.400. The summed E-state index contributed by atoms with van der Waals surface area (Å²) in [6.45, 7) is 29.2. The normalized spacial score (nSPS) is 15.9. The van der Waals surface area contributed by atoms with Crippen molar-refractivity contribution < 1.29 is 4.74 Å². The zero-order valence-electron chi connectivity index (χ0n) is 43.1. The second kappa shape index (κ2) is 18.5. The van der Waals surface area contributed by atoms with Crippen LogP contribution in [0.5, 0.6) is 0 Å². The van der Waals surface area contributed by atoms with Crippen LogP contribution in [0.4, 0.5) is 11.6 Å². The van der Waals surface area contributed by atoms with Crippen molar-refractivity contribution in [2.24, 2.45) is 0 Å². The molecule has 9 heteroatoms. The molecule has 0 amide bonds. The number of fused-ring (bicyclic) bond motifs is 6. The Bertz CT molecular complexity index is 2990. The Morgan fingerprint density at radius 3 is 1.16 bits per heavy atom. The van der Waals surface area contributed by atoms with Gasteiger partial charge in [-0.1, -0.05) is 97.8 Å². The third-order valence-electron chi connectivity index (χ3n) is 15.4. The van der Waals surface area contributed by atoms with Gasteiger partial charge in [-0.05, 0) is 163 Å². The van der Waals surface area contributed by atoms with Crippen molar-refractivity contribution in [2.75, 3.05) is 9.80 Å². The van der Waals surface area contributed by atoms with Gasteiger partial charge in [0.15, 0.2) is 11.3 Å². The summed E-state index contributed by atoms with van der Waals surface area (Å²) in [6.07, 6.45) is 6.41. The fourth-order valence-electron chi connectivity index (χ4n) is 12.2. The summed E-state index contributed by atoms with van der Waals surface area (Å²) in [5.74, 6) is 2.40. The lowest BCUT2D eigenvalue weighted by Gasteiger charge is -2.39. The number of ether oxygens (including phenoxy) is 1. The molecule has 10 rings (SSSR count). The molecule has 9 nitrogen and oxygen atoms in total. The summed E-state index contributed by atoms with van der Waals surface area (Å²) in [4.78, 5) is 15.7. The fourth-order valence-corrected chi connectivity index (χ4v) is 12.2. The van der Waals surface area contributed by atoms with Gasteiger partial charge in [0.05, 0.1) is 35.7 Å². The largest absolute Gasteiger partial charge is 0.372 e. The van der Waals surface area contributed by atoms with Gasteiger partial charge >= 0.3 is 0 Å². The van der Waals surface area contributed by atoms with E-state index < -0.39 is 0 Å². The minimum Gasteiger partial charge on any atom is -0.372 e. The van der Waals surface area contributed by atoms with Crippen LogP contribution in [0.3, 0.4) is 0 Å². The quantitative estimate of drug-likeness (QED) is 0.121. The van der Waals surface area contributed by atoms with Crippen LogP contribution in [0.2, 0.25) is 0 Å². The number of rotatable bonds is 12. The summed E-state index contributed by atoms with van der Waals surface area (Å²) in [5.41, 5.74) is 26.2. The molecule has 4 aromatic heterocycles. The Labute approximate surface area is 409 Å². The summed E-state index contributed by atoms with van der Waals surface area (Å²) in [5, 5.41) is 10.5. The SMILES string of the molecule is CCC1CCc2c(C)nc3c(-c4c(C)cc(C)cc4C)c(C)nn3c2N1Cc1ccc(COCc2ccc(CN3c4c(c(C)nc5c(-c6c(C)cc(C)cc6C)c(C)nn45)CCC3CC)cc2)cc1. The van der Waals surface area contributed by atoms with Gasteiger partial charge in [-0.2, -0.15) is 19.2 Å². The second-order valence-electron chi connectivity index (χ2n) is 20.5. The van der Waals surface area contributed by atoms with Crippen LogP contribution in [0.15, 0.2) is 72.8 Å². The molecule has 2 atom stereocenters. The molecule has 6 heterocycles. The van der Waals surface area contributed by atoms with Gasteiger partial charge in [0.1, 0.15) is 11.6 Å². The Morgan fingerprint density at radius 1 is 0.464 bits per heavy atom. The van der Waals surface area contributed by atoms with Crippen LogP contribution in [-0.4, -0.2) is 41.3 Å². The molecule has 0 fully saturated rings. The molecule has 2 aliphatic rings. The molecule has 0 spiro atoms. The smallest absolute Gasteiger partial charge is 0.165 e. The third kappa shape index (κ3) is 8.40. The number of nitrogens with zero attached hydrogens (tertiary/aromatic N) is 8. The van der Waals surface area contributed by atoms with E-state index in [0.717, 1.165) is 96.8 Å². The molecule has 8 aromatic rings. The molecule has 0 bridgehead atoms. The van der Waals surface area contributed by atoms with Gasteiger partial charge in [-0.3, -0.25) is 0 Å². The number of aromatic nitrogens is 6. The van der Waals surface area contributed by atoms with Crippen molar-refractivity contribution >= 4 is 22.9 Å². The van der Waals surface area contributed by atoms with E-state index in [1.165, 1.54) is 89.5 Å². The highest BCUT2D eigenvalue weighted by atomic mass is 16.5. The van der Waals surface area contributed by atoms with E-state index in [-0.39, 0.29) is 0 Å². The van der Waals surface area contributed by atoms with Crippen LogP contribution < -0.4 is 9.80 Å². The van der Waals surface area contributed by atoms with Crippen molar-refractivity contribution in [1.29, 1.82) is 0 Å². The lowest BCUT2D eigenvalue weighted by molar-refractivity contribution is 0.107. The van der Waals surface area contributed by atoms with Gasteiger partial charge in [0.2, 0.25) is 0 Å². The van der Waals surface area contributed by atoms with Crippen LogP contribution in [-0.2, 0) is 43.9 Å². The average molecular weight is 919 g/mol. The summed E-state index contributed by atoms with van der Waals surface area (Å²) in [6, 6.07) is 28.0. The van der Waals surface area contributed by atoms with Gasteiger partial charge in [-0.15, -0.1) is 0 Å². The molecule has 0 N–H and O–H groups in total. The summed E-state index contributed by atoms with van der Waals surface area (Å²) in [7, 11) is 0. The van der Waals surface area contributed by atoms with E-state index in [1.54, 1.807) is 0 Å². The van der Waals surface area contributed by atoms with Crippen LogP contribution in [0.1, 0.15) is 129 Å².